The van der Waals surface area contributed by atoms with Crippen LogP contribution in [0.2, 0.25) is 0 Å². The number of piperidine rings is 1. The number of hydrogen-bond acceptors (Lipinski definition) is 2. The molecule has 2 aliphatic rings. The summed E-state index contributed by atoms with van der Waals surface area (Å²) in [5.74, 6) is 0.709. The highest BCUT2D eigenvalue weighted by atomic mass is 16.2. The van der Waals surface area contributed by atoms with E-state index in [4.69, 9.17) is 5.73 Å². The lowest BCUT2D eigenvalue weighted by atomic mass is 9.92. The van der Waals surface area contributed by atoms with Crippen LogP contribution in [-0.2, 0) is 4.79 Å². The second-order valence-corrected chi connectivity index (χ2v) is 7.07. The topological polar surface area (TPSA) is 46.3 Å². The molecule has 1 amide bonds. The summed E-state index contributed by atoms with van der Waals surface area (Å²) in [6.07, 6.45) is 7.46. The van der Waals surface area contributed by atoms with Crippen molar-refractivity contribution in [3.05, 3.63) is 35.4 Å². The van der Waals surface area contributed by atoms with Crippen LogP contribution in [0.25, 0.3) is 0 Å². The van der Waals surface area contributed by atoms with E-state index in [0.717, 1.165) is 32.2 Å². The third-order valence-electron chi connectivity index (χ3n) is 5.44. The minimum atomic E-state index is 0.228. The Labute approximate surface area is 133 Å². The standard InChI is InChI=1S/C19H28N2O/c1-14-8-10-15(11-9-14)18-7-2-3-12-21(18)19(22)13-16-5-4-6-17(16)20/h8-11,16-18H,2-7,12-13,20H2,1H3/t16-,17+,18?/m0/s1. The SMILES string of the molecule is Cc1ccc(C2CCCCN2C(=O)C[C@@H]2CCC[C@H]2N)cc1. The van der Waals surface area contributed by atoms with Crippen LogP contribution in [-0.4, -0.2) is 23.4 Å². The molecule has 3 heteroatoms. The van der Waals surface area contributed by atoms with Gasteiger partial charge in [-0.15, -0.1) is 0 Å². The van der Waals surface area contributed by atoms with Crippen LogP contribution >= 0.6 is 0 Å². The van der Waals surface area contributed by atoms with Crippen molar-refractivity contribution in [1.29, 1.82) is 0 Å². The van der Waals surface area contributed by atoms with E-state index >= 15 is 0 Å². The molecule has 3 rings (SSSR count). The van der Waals surface area contributed by atoms with Gasteiger partial charge in [-0.05, 0) is 50.5 Å². The van der Waals surface area contributed by atoms with E-state index in [0.29, 0.717) is 18.2 Å². The maximum atomic E-state index is 12.8. The predicted molar refractivity (Wildman–Crippen MR) is 89.4 cm³/mol. The number of amides is 1. The van der Waals surface area contributed by atoms with Gasteiger partial charge in [-0.25, -0.2) is 0 Å². The second-order valence-electron chi connectivity index (χ2n) is 7.07. The summed E-state index contributed by atoms with van der Waals surface area (Å²) in [6.45, 7) is 3.01. The smallest absolute Gasteiger partial charge is 0.223 e. The van der Waals surface area contributed by atoms with Gasteiger partial charge in [0.15, 0.2) is 0 Å². The van der Waals surface area contributed by atoms with Crippen LogP contribution in [0.4, 0.5) is 0 Å². The van der Waals surface area contributed by atoms with Gasteiger partial charge in [-0.3, -0.25) is 4.79 Å². The molecular formula is C19H28N2O. The number of hydrogen-bond donors (Lipinski definition) is 1. The summed E-state index contributed by atoms with van der Waals surface area (Å²) in [5, 5.41) is 0. The Morgan fingerprint density at radius 2 is 1.91 bits per heavy atom. The van der Waals surface area contributed by atoms with E-state index in [9.17, 15) is 4.79 Å². The van der Waals surface area contributed by atoms with E-state index in [1.807, 2.05) is 0 Å². The summed E-state index contributed by atoms with van der Waals surface area (Å²) < 4.78 is 0. The van der Waals surface area contributed by atoms with E-state index in [1.54, 1.807) is 0 Å². The fourth-order valence-corrected chi connectivity index (χ4v) is 4.03. The number of benzene rings is 1. The van der Waals surface area contributed by atoms with E-state index in [2.05, 4.69) is 36.1 Å². The van der Waals surface area contributed by atoms with E-state index in [-0.39, 0.29) is 12.1 Å². The van der Waals surface area contributed by atoms with Crippen molar-refractivity contribution in [3.63, 3.8) is 0 Å². The number of rotatable bonds is 3. The maximum Gasteiger partial charge on any atom is 0.223 e. The van der Waals surface area contributed by atoms with Gasteiger partial charge in [0.25, 0.3) is 0 Å². The van der Waals surface area contributed by atoms with Crippen molar-refractivity contribution in [3.8, 4) is 0 Å². The first-order valence-electron chi connectivity index (χ1n) is 8.77. The molecule has 22 heavy (non-hydrogen) atoms. The van der Waals surface area contributed by atoms with Crippen molar-refractivity contribution in [1.82, 2.24) is 4.90 Å². The lowest BCUT2D eigenvalue weighted by Gasteiger charge is -2.37. The molecule has 0 radical (unpaired) electrons. The molecule has 1 unspecified atom stereocenters. The highest BCUT2D eigenvalue weighted by Gasteiger charge is 2.32. The average molecular weight is 300 g/mol. The molecule has 1 aliphatic carbocycles. The van der Waals surface area contributed by atoms with E-state index in [1.165, 1.54) is 24.0 Å². The third-order valence-corrected chi connectivity index (χ3v) is 5.44. The molecule has 1 heterocycles. The number of likely N-dealkylation sites (tertiary alicyclic amines) is 1. The Hall–Kier alpha value is -1.35. The summed E-state index contributed by atoms with van der Waals surface area (Å²) in [5.41, 5.74) is 8.71. The monoisotopic (exact) mass is 300 g/mol. The molecule has 1 saturated heterocycles. The van der Waals surface area contributed by atoms with Gasteiger partial charge in [0.05, 0.1) is 6.04 Å². The lowest BCUT2D eigenvalue weighted by Crippen LogP contribution is -2.40. The third kappa shape index (κ3) is 3.35. The lowest BCUT2D eigenvalue weighted by molar-refractivity contribution is -0.136. The van der Waals surface area contributed by atoms with Crippen LogP contribution < -0.4 is 5.73 Å². The quantitative estimate of drug-likeness (QED) is 0.927. The summed E-state index contributed by atoms with van der Waals surface area (Å²) in [4.78, 5) is 14.9. The van der Waals surface area contributed by atoms with E-state index < -0.39 is 0 Å². The molecular weight excluding hydrogens is 272 g/mol. The first-order chi connectivity index (χ1) is 10.6. The Balaban J connectivity index is 1.71. The normalized spacial score (nSPS) is 28.8. The van der Waals surface area contributed by atoms with Gasteiger partial charge in [-0.1, -0.05) is 36.2 Å². The van der Waals surface area contributed by atoms with Crippen molar-refractivity contribution in [2.75, 3.05) is 6.54 Å². The molecule has 120 valence electrons. The largest absolute Gasteiger partial charge is 0.336 e. The highest BCUT2D eigenvalue weighted by Crippen LogP contribution is 2.34. The number of nitrogens with zero attached hydrogens (tertiary/aromatic N) is 1. The van der Waals surface area contributed by atoms with Gasteiger partial charge >= 0.3 is 0 Å². The average Bonchev–Trinajstić information content (AvgIpc) is 2.93. The first-order valence-corrected chi connectivity index (χ1v) is 8.77. The number of carbonyl (C=O) groups excluding carboxylic acids is 1. The van der Waals surface area contributed by atoms with Gasteiger partial charge in [0.2, 0.25) is 5.91 Å². The van der Waals surface area contributed by atoms with Gasteiger partial charge in [0.1, 0.15) is 0 Å². The van der Waals surface area contributed by atoms with Crippen molar-refractivity contribution >= 4 is 5.91 Å². The second kappa shape index (κ2) is 6.82. The minimum Gasteiger partial charge on any atom is -0.336 e. The molecule has 0 bridgehead atoms. The van der Waals surface area contributed by atoms with Crippen LogP contribution in [0.3, 0.4) is 0 Å². The van der Waals surface area contributed by atoms with Gasteiger partial charge < -0.3 is 10.6 Å². The molecule has 2 fully saturated rings. The van der Waals surface area contributed by atoms with Crippen molar-refractivity contribution in [2.45, 2.75) is 64.0 Å². The van der Waals surface area contributed by atoms with Gasteiger partial charge in [0, 0.05) is 19.0 Å². The Morgan fingerprint density at radius 1 is 1.14 bits per heavy atom. The summed E-state index contributed by atoms with van der Waals surface area (Å²) in [7, 11) is 0. The molecule has 3 nitrogen and oxygen atoms in total. The zero-order valence-electron chi connectivity index (χ0n) is 13.6. The number of nitrogens with two attached hydrogens (primary N) is 1. The Kier molecular flexibility index (Phi) is 4.82. The van der Waals surface area contributed by atoms with Crippen molar-refractivity contribution < 1.29 is 4.79 Å². The molecule has 3 atom stereocenters. The molecule has 1 aliphatic heterocycles. The van der Waals surface area contributed by atoms with Crippen LogP contribution in [0, 0.1) is 12.8 Å². The number of aryl methyl sites for hydroxylation is 1. The minimum absolute atomic E-state index is 0.228. The molecule has 1 saturated carbocycles. The Morgan fingerprint density at radius 3 is 2.59 bits per heavy atom. The summed E-state index contributed by atoms with van der Waals surface area (Å²) in [6, 6.07) is 9.17. The fourth-order valence-electron chi connectivity index (χ4n) is 4.03. The molecule has 0 spiro atoms. The zero-order valence-corrected chi connectivity index (χ0v) is 13.6. The molecule has 0 aromatic heterocycles. The first kappa shape index (κ1) is 15.5. The molecule has 2 N–H and O–H groups in total. The van der Waals surface area contributed by atoms with Crippen LogP contribution in [0.5, 0.6) is 0 Å². The number of carbonyl (C=O) groups is 1. The zero-order chi connectivity index (χ0) is 15.5. The maximum absolute atomic E-state index is 12.8. The Bertz CT molecular complexity index is 511. The van der Waals surface area contributed by atoms with Crippen LogP contribution in [0.15, 0.2) is 24.3 Å². The fraction of sp³-hybridized carbons (Fsp3) is 0.632. The van der Waals surface area contributed by atoms with Crippen molar-refractivity contribution in [2.24, 2.45) is 11.7 Å². The predicted octanol–water partition coefficient (Wildman–Crippen LogP) is 3.57. The molecule has 1 aromatic rings. The highest BCUT2D eigenvalue weighted by molar-refractivity contribution is 5.77. The van der Waals surface area contributed by atoms with Crippen LogP contribution in [0.1, 0.15) is 62.1 Å². The molecule has 1 aromatic carbocycles. The summed E-state index contributed by atoms with van der Waals surface area (Å²) >= 11 is 0. The van der Waals surface area contributed by atoms with Gasteiger partial charge in [-0.2, -0.15) is 0 Å².